The van der Waals surface area contributed by atoms with Crippen LogP contribution in [0, 0.1) is 5.41 Å². The SMILES string of the molecule is CCC1(C(=O)CCC2CCCO2)CCNC1. The number of carbonyl (C=O) groups is 1. The van der Waals surface area contributed by atoms with Gasteiger partial charge < -0.3 is 10.1 Å². The number of hydrogen-bond donors (Lipinski definition) is 1. The second-order valence-electron chi connectivity index (χ2n) is 5.16. The predicted molar refractivity (Wildman–Crippen MR) is 63.4 cm³/mol. The first-order valence-electron chi connectivity index (χ1n) is 6.62. The van der Waals surface area contributed by atoms with Gasteiger partial charge in [-0.2, -0.15) is 0 Å². The van der Waals surface area contributed by atoms with Gasteiger partial charge in [-0.15, -0.1) is 0 Å². The molecule has 1 N–H and O–H groups in total. The summed E-state index contributed by atoms with van der Waals surface area (Å²) in [6.07, 6.45) is 6.30. The fraction of sp³-hybridized carbons (Fsp3) is 0.923. The Morgan fingerprint density at radius 1 is 1.56 bits per heavy atom. The molecule has 0 bridgehead atoms. The second-order valence-corrected chi connectivity index (χ2v) is 5.16. The van der Waals surface area contributed by atoms with E-state index in [9.17, 15) is 4.79 Å². The lowest BCUT2D eigenvalue weighted by molar-refractivity contribution is -0.128. The zero-order valence-electron chi connectivity index (χ0n) is 10.3. The Hall–Kier alpha value is -0.410. The molecule has 2 saturated heterocycles. The van der Waals surface area contributed by atoms with Crippen LogP contribution in [-0.2, 0) is 9.53 Å². The zero-order valence-corrected chi connectivity index (χ0v) is 10.3. The van der Waals surface area contributed by atoms with Crippen LogP contribution in [0.15, 0.2) is 0 Å². The van der Waals surface area contributed by atoms with Crippen molar-refractivity contribution in [3.63, 3.8) is 0 Å². The summed E-state index contributed by atoms with van der Waals surface area (Å²) in [5.74, 6) is 0.454. The lowest BCUT2D eigenvalue weighted by Crippen LogP contribution is -2.33. The van der Waals surface area contributed by atoms with E-state index in [0.717, 1.165) is 45.4 Å². The predicted octanol–water partition coefficient (Wildman–Crippen LogP) is 1.90. The maximum absolute atomic E-state index is 12.3. The molecule has 2 rings (SSSR count). The van der Waals surface area contributed by atoms with Crippen molar-refractivity contribution in [2.45, 2.75) is 51.6 Å². The Morgan fingerprint density at radius 2 is 2.44 bits per heavy atom. The summed E-state index contributed by atoms with van der Waals surface area (Å²) in [5, 5.41) is 3.32. The fourth-order valence-corrected chi connectivity index (χ4v) is 2.91. The van der Waals surface area contributed by atoms with Crippen LogP contribution in [0.2, 0.25) is 0 Å². The lowest BCUT2D eigenvalue weighted by atomic mass is 9.78. The molecular weight excluding hydrogens is 202 g/mol. The minimum Gasteiger partial charge on any atom is -0.378 e. The van der Waals surface area contributed by atoms with Gasteiger partial charge >= 0.3 is 0 Å². The van der Waals surface area contributed by atoms with Crippen LogP contribution in [-0.4, -0.2) is 31.6 Å². The van der Waals surface area contributed by atoms with E-state index in [4.69, 9.17) is 4.74 Å². The first kappa shape index (κ1) is 12.1. The number of hydrogen-bond acceptors (Lipinski definition) is 3. The van der Waals surface area contributed by atoms with Crippen molar-refractivity contribution < 1.29 is 9.53 Å². The van der Waals surface area contributed by atoms with E-state index in [1.807, 2.05) is 0 Å². The summed E-state index contributed by atoms with van der Waals surface area (Å²) < 4.78 is 5.56. The van der Waals surface area contributed by atoms with Crippen LogP contribution in [0.1, 0.15) is 45.4 Å². The molecule has 0 spiro atoms. The summed E-state index contributed by atoms with van der Waals surface area (Å²) in [6.45, 7) is 4.91. The van der Waals surface area contributed by atoms with Crippen molar-refractivity contribution in [3.05, 3.63) is 0 Å². The molecule has 2 unspecified atom stereocenters. The van der Waals surface area contributed by atoms with E-state index in [2.05, 4.69) is 12.2 Å². The second kappa shape index (κ2) is 5.28. The molecule has 3 heteroatoms. The van der Waals surface area contributed by atoms with Gasteiger partial charge in [0, 0.05) is 25.0 Å². The highest BCUT2D eigenvalue weighted by atomic mass is 16.5. The Labute approximate surface area is 97.9 Å². The van der Waals surface area contributed by atoms with Gasteiger partial charge in [0.25, 0.3) is 0 Å². The summed E-state index contributed by atoms with van der Waals surface area (Å²) in [5.41, 5.74) is -0.0569. The van der Waals surface area contributed by atoms with Gasteiger partial charge in [0.15, 0.2) is 0 Å². The van der Waals surface area contributed by atoms with E-state index in [-0.39, 0.29) is 5.41 Å². The van der Waals surface area contributed by atoms with E-state index in [0.29, 0.717) is 18.3 Å². The lowest BCUT2D eigenvalue weighted by Gasteiger charge is -2.25. The first-order chi connectivity index (χ1) is 7.77. The van der Waals surface area contributed by atoms with Gasteiger partial charge in [0.2, 0.25) is 0 Å². The molecule has 0 aromatic rings. The number of Topliss-reactive ketones (excluding diaryl/α,β-unsaturated/α-hetero) is 1. The van der Waals surface area contributed by atoms with Crippen molar-refractivity contribution in [3.8, 4) is 0 Å². The topological polar surface area (TPSA) is 38.3 Å². The molecule has 2 atom stereocenters. The third-order valence-electron chi connectivity index (χ3n) is 4.23. The molecule has 16 heavy (non-hydrogen) atoms. The summed E-state index contributed by atoms with van der Waals surface area (Å²) in [7, 11) is 0. The van der Waals surface area contributed by atoms with E-state index in [1.54, 1.807) is 0 Å². The molecule has 2 aliphatic heterocycles. The first-order valence-corrected chi connectivity index (χ1v) is 6.62. The average molecular weight is 225 g/mol. The van der Waals surface area contributed by atoms with Crippen LogP contribution >= 0.6 is 0 Å². The third kappa shape index (κ3) is 2.46. The minimum atomic E-state index is -0.0569. The Balaban J connectivity index is 1.81. The van der Waals surface area contributed by atoms with Crippen molar-refractivity contribution in [1.29, 1.82) is 0 Å². The third-order valence-corrected chi connectivity index (χ3v) is 4.23. The van der Waals surface area contributed by atoms with Crippen molar-refractivity contribution in [1.82, 2.24) is 5.32 Å². The maximum atomic E-state index is 12.3. The molecule has 2 heterocycles. The minimum absolute atomic E-state index is 0.0569. The molecule has 0 aromatic carbocycles. The van der Waals surface area contributed by atoms with Gasteiger partial charge in [0.05, 0.1) is 6.10 Å². The summed E-state index contributed by atoms with van der Waals surface area (Å²) in [6, 6.07) is 0. The number of carbonyl (C=O) groups excluding carboxylic acids is 1. The van der Waals surface area contributed by atoms with Crippen LogP contribution < -0.4 is 5.32 Å². The normalized spacial score (nSPS) is 34.4. The van der Waals surface area contributed by atoms with Gasteiger partial charge in [-0.1, -0.05) is 6.92 Å². The van der Waals surface area contributed by atoms with Crippen LogP contribution in [0.3, 0.4) is 0 Å². The Bertz CT molecular complexity index is 240. The molecule has 0 saturated carbocycles. The smallest absolute Gasteiger partial charge is 0.140 e. The van der Waals surface area contributed by atoms with Crippen molar-refractivity contribution in [2.75, 3.05) is 19.7 Å². The molecule has 0 aliphatic carbocycles. The molecule has 2 aliphatic rings. The van der Waals surface area contributed by atoms with Crippen molar-refractivity contribution >= 4 is 5.78 Å². The summed E-state index contributed by atoms with van der Waals surface area (Å²) >= 11 is 0. The average Bonchev–Trinajstić information content (AvgIpc) is 2.97. The number of ether oxygens (including phenoxy) is 1. The van der Waals surface area contributed by atoms with Crippen molar-refractivity contribution in [2.24, 2.45) is 5.41 Å². The molecule has 0 aromatic heterocycles. The van der Waals surface area contributed by atoms with Gasteiger partial charge in [-0.05, 0) is 38.6 Å². The fourth-order valence-electron chi connectivity index (χ4n) is 2.91. The Kier molecular flexibility index (Phi) is 3.98. The largest absolute Gasteiger partial charge is 0.378 e. The highest BCUT2D eigenvalue weighted by molar-refractivity contribution is 5.85. The number of nitrogens with one attached hydrogen (secondary N) is 1. The Morgan fingerprint density at radius 3 is 3.00 bits per heavy atom. The van der Waals surface area contributed by atoms with Gasteiger partial charge in [0.1, 0.15) is 5.78 Å². The van der Waals surface area contributed by atoms with E-state index in [1.165, 1.54) is 6.42 Å². The molecule has 0 amide bonds. The number of rotatable bonds is 5. The van der Waals surface area contributed by atoms with Gasteiger partial charge in [-0.25, -0.2) is 0 Å². The van der Waals surface area contributed by atoms with Gasteiger partial charge in [-0.3, -0.25) is 4.79 Å². The number of ketones is 1. The highest BCUT2D eigenvalue weighted by Crippen LogP contribution is 2.32. The highest BCUT2D eigenvalue weighted by Gasteiger charge is 2.38. The van der Waals surface area contributed by atoms with E-state index < -0.39 is 0 Å². The molecule has 92 valence electrons. The maximum Gasteiger partial charge on any atom is 0.140 e. The molecule has 2 fully saturated rings. The van der Waals surface area contributed by atoms with Crippen LogP contribution in [0.4, 0.5) is 0 Å². The van der Waals surface area contributed by atoms with Crippen LogP contribution in [0.5, 0.6) is 0 Å². The van der Waals surface area contributed by atoms with E-state index >= 15 is 0 Å². The molecule has 3 nitrogen and oxygen atoms in total. The molecule has 0 radical (unpaired) electrons. The summed E-state index contributed by atoms with van der Waals surface area (Å²) in [4.78, 5) is 12.3. The quantitative estimate of drug-likeness (QED) is 0.776. The standard InChI is InChI=1S/C13H23NO2/c1-2-13(7-8-14-10-13)12(15)6-5-11-4-3-9-16-11/h11,14H,2-10H2,1H3. The van der Waals surface area contributed by atoms with Crippen LogP contribution in [0.25, 0.3) is 0 Å². The molecular formula is C13H23NO2. The monoisotopic (exact) mass is 225 g/mol. The zero-order chi connectivity index (χ0) is 11.4.